The van der Waals surface area contributed by atoms with Gasteiger partial charge in [-0.15, -0.1) is 0 Å². The molecule has 0 radical (unpaired) electrons. The zero-order valence-electron chi connectivity index (χ0n) is 14.7. The van der Waals surface area contributed by atoms with Crippen LogP contribution in [-0.4, -0.2) is 76.9 Å². The van der Waals surface area contributed by atoms with E-state index in [1.54, 1.807) is 0 Å². The van der Waals surface area contributed by atoms with E-state index in [1.807, 2.05) is 0 Å². The molecule has 3 atom stereocenters. The average molecular weight is 443 g/mol. The molecule has 0 spiro atoms. The molecule has 15 heteroatoms. The summed E-state index contributed by atoms with van der Waals surface area (Å²) in [5, 5.41) is 3.68. The van der Waals surface area contributed by atoms with Gasteiger partial charge < -0.3 is 14.6 Å². The van der Waals surface area contributed by atoms with Crippen LogP contribution < -0.4 is 0 Å². The van der Waals surface area contributed by atoms with Gasteiger partial charge in [-0.3, -0.25) is 9.45 Å². The SMILES string of the molecule is CC(C)(C)OC(=O)N1CC(O)CC1C(=O)OC(C(F)(F)F)C(F)(F)S(=O)(=O)O. The van der Waals surface area contributed by atoms with Gasteiger partial charge in [-0.25, -0.2) is 9.59 Å². The predicted molar refractivity (Wildman–Crippen MR) is 79.8 cm³/mol. The predicted octanol–water partition coefficient (Wildman–Crippen LogP) is 1.31. The number of amides is 1. The minimum atomic E-state index is -6.60. The van der Waals surface area contributed by atoms with Gasteiger partial charge in [0.05, 0.1) is 12.6 Å². The van der Waals surface area contributed by atoms with Crippen molar-refractivity contribution in [2.45, 2.75) is 62.5 Å². The highest BCUT2D eigenvalue weighted by Crippen LogP contribution is 2.38. The number of halogens is 5. The molecule has 1 rings (SSSR count). The topological polar surface area (TPSA) is 130 Å². The molecule has 1 amide bonds. The summed E-state index contributed by atoms with van der Waals surface area (Å²) < 4.78 is 104. The number of likely N-dealkylation sites (tertiary alicyclic amines) is 1. The molecule has 1 aliphatic heterocycles. The lowest BCUT2D eigenvalue weighted by molar-refractivity contribution is -0.260. The number of carbonyl (C=O) groups is 2. The van der Waals surface area contributed by atoms with E-state index in [9.17, 15) is 45.1 Å². The lowest BCUT2D eigenvalue weighted by Gasteiger charge is -2.30. The zero-order valence-corrected chi connectivity index (χ0v) is 15.6. The Labute approximate surface area is 156 Å². The second kappa shape index (κ2) is 7.59. The van der Waals surface area contributed by atoms with Crippen LogP contribution in [0.4, 0.5) is 26.7 Å². The number of ether oxygens (including phenoxy) is 2. The number of β-amino-alcohol motifs (C(OH)–C–C–N with tert-alkyl or cyclic N) is 1. The van der Waals surface area contributed by atoms with Gasteiger partial charge in [-0.2, -0.15) is 30.4 Å². The summed E-state index contributed by atoms with van der Waals surface area (Å²) in [6.45, 7) is 3.71. The molecule has 0 aliphatic carbocycles. The van der Waals surface area contributed by atoms with Crippen molar-refractivity contribution in [3.8, 4) is 0 Å². The van der Waals surface area contributed by atoms with Crippen molar-refractivity contribution in [1.29, 1.82) is 0 Å². The molecule has 1 fully saturated rings. The Hall–Kier alpha value is -1.74. The third-order valence-electron chi connectivity index (χ3n) is 3.36. The molecule has 2 N–H and O–H groups in total. The fraction of sp³-hybridized carbons (Fsp3) is 0.846. The van der Waals surface area contributed by atoms with Crippen LogP contribution in [0, 0.1) is 0 Å². The van der Waals surface area contributed by atoms with Crippen molar-refractivity contribution >= 4 is 22.2 Å². The zero-order chi connectivity index (χ0) is 22.3. The molecule has 28 heavy (non-hydrogen) atoms. The normalized spacial score (nSPS) is 22.7. The number of carbonyl (C=O) groups excluding carboxylic acids is 2. The summed E-state index contributed by atoms with van der Waals surface area (Å²) in [6, 6.07) is -1.95. The molecule has 3 unspecified atom stereocenters. The van der Waals surface area contributed by atoms with E-state index in [4.69, 9.17) is 9.29 Å². The maximum absolute atomic E-state index is 13.5. The smallest absolute Gasteiger partial charge is 0.432 e. The van der Waals surface area contributed by atoms with Crippen molar-refractivity contribution in [3.63, 3.8) is 0 Å². The summed E-state index contributed by atoms with van der Waals surface area (Å²) in [5.41, 5.74) is -1.09. The summed E-state index contributed by atoms with van der Waals surface area (Å²) in [5.74, 6) is -2.06. The molecule has 1 aliphatic rings. The Balaban J connectivity index is 3.14. The van der Waals surface area contributed by atoms with Crippen molar-refractivity contribution in [2.24, 2.45) is 0 Å². The van der Waals surface area contributed by atoms with Gasteiger partial charge in [0.15, 0.2) is 0 Å². The minimum Gasteiger partial charge on any atom is -0.444 e. The average Bonchev–Trinajstić information content (AvgIpc) is 2.82. The first kappa shape index (κ1) is 24.3. The number of rotatable bonds is 4. The summed E-state index contributed by atoms with van der Waals surface area (Å²) in [7, 11) is -6.60. The van der Waals surface area contributed by atoms with Crippen molar-refractivity contribution in [3.05, 3.63) is 0 Å². The molecular weight excluding hydrogens is 425 g/mol. The number of esters is 1. The third-order valence-corrected chi connectivity index (χ3v) is 4.26. The molecule has 0 aromatic rings. The largest absolute Gasteiger partial charge is 0.444 e. The lowest BCUT2D eigenvalue weighted by Crippen LogP contribution is -2.54. The van der Waals surface area contributed by atoms with E-state index in [1.165, 1.54) is 20.8 Å². The molecule has 164 valence electrons. The van der Waals surface area contributed by atoms with Crippen molar-refractivity contribution < 1.29 is 59.1 Å². The van der Waals surface area contributed by atoms with E-state index in [-0.39, 0.29) is 0 Å². The second-order valence-electron chi connectivity index (χ2n) is 6.93. The summed E-state index contributed by atoms with van der Waals surface area (Å²) >= 11 is 0. The first-order valence-corrected chi connectivity index (χ1v) is 9.01. The van der Waals surface area contributed by atoms with E-state index in [0.29, 0.717) is 4.90 Å². The van der Waals surface area contributed by atoms with Crippen LogP contribution in [0.2, 0.25) is 0 Å². The van der Waals surface area contributed by atoms with E-state index in [2.05, 4.69) is 4.74 Å². The number of hydrogen-bond donors (Lipinski definition) is 2. The highest BCUT2D eigenvalue weighted by molar-refractivity contribution is 7.86. The van der Waals surface area contributed by atoms with Gasteiger partial charge in [0, 0.05) is 6.42 Å². The van der Waals surface area contributed by atoms with Gasteiger partial charge >= 0.3 is 33.6 Å². The van der Waals surface area contributed by atoms with Crippen LogP contribution in [0.3, 0.4) is 0 Å². The molecule has 0 aromatic heterocycles. The first-order valence-electron chi connectivity index (χ1n) is 7.57. The third kappa shape index (κ3) is 5.64. The van der Waals surface area contributed by atoms with Crippen LogP contribution in [0.15, 0.2) is 0 Å². The van der Waals surface area contributed by atoms with Crippen LogP contribution in [0.5, 0.6) is 0 Å². The summed E-state index contributed by atoms with van der Waals surface area (Å²) in [4.78, 5) is 24.5. The van der Waals surface area contributed by atoms with Gasteiger partial charge in [0.1, 0.15) is 11.6 Å². The fourth-order valence-electron chi connectivity index (χ4n) is 2.22. The first-order chi connectivity index (χ1) is 12.3. The van der Waals surface area contributed by atoms with Crippen molar-refractivity contribution in [2.75, 3.05) is 6.54 Å². The van der Waals surface area contributed by atoms with Gasteiger partial charge in [-0.1, -0.05) is 0 Å². The number of aliphatic hydroxyl groups is 1. The van der Waals surface area contributed by atoms with Gasteiger partial charge in [0.25, 0.3) is 6.10 Å². The Morgan fingerprint density at radius 1 is 1.14 bits per heavy atom. The maximum atomic E-state index is 13.5. The Morgan fingerprint density at radius 2 is 1.64 bits per heavy atom. The molecule has 0 bridgehead atoms. The Bertz CT molecular complexity index is 717. The highest BCUT2D eigenvalue weighted by atomic mass is 32.2. The maximum Gasteiger partial charge on any atom is 0.432 e. The fourth-order valence-corrected chi connectivity index (χ4v) is 2.67. The monoisotopic (exact) mass is 443 g/mol. The highest BCUT2D eigenvalue weighted by Gasteiger charge is 2.66. The molecule has 1 saturated heterocycles. The second-order valence-corrected chi connectivity index (χ2v) is 8.43. The quantitative estimate of drug-likeness (QED) is 0.378. The standard InChI is InChI=1S/C13H18F5NO8S/c1-11(2,3)27-10(22)19-5-6(20)4-7(19)8(21)26-9(12(14,15)16)13(17,18)28(23,24)25/h6-7,9,20H,4-5H2,1-3H3,(H,23,24,25). The Morgan fingerprint density at radius 3 is 2.04 bits per heavy atom. The van der Waals surface area contributed by atoms with Crippen LogP contribution in [-0.2, 0) is 24.4 Å². The molecule has 1 heterocycles. The van der Waals surface area contributed by atoms with Gasteiger partial charge in [0.2, 0.25) is 0 Å². The summed E-state index contributed by atoms with van der Waals surface area (Å²) in [6.07, 6.45) is -13.9. The van der Waals surface area contributed by atoms with E-state index >= 15 is 0 Å². The molecular formula is C13H18F5NO8S. The number of alkyl halides is 5. The van der Waals surface area contributed by atoms with Gasteiger partial charge in [-0.05, 0) is 20.8 Å². The number of aliphatic hydroxyl groups excluding tert-OH is 1. The molecule has 9 nitrogen and oxygen atoms in total. The molecule has 0 saturated carbocycles. The van der Waals surface area contributed by atoms with Crippen LogP contribution in [0.1, 0.15) is 27.2 Å². The van der Waals surface area contributed by atoms with E-state index in [0.717, 1.165) is 0 Å². The number of hydrogen-bond acceptors (Lipinski definition) is 7. The molecule has 0 aromatic carbocycles. The Kier molecular flexibility index (Phi) is 6.59. The van der Waals surface area contributed by atoms with E-state index < -0.39 is 70.4 Å². The van der Waals surface area contributed by atoms with Crippen LogP contribution in [0.25, 0.3) is 0 Å². The van der Waals surface area contributed by atoms with Crippen molar-refractivity contribution in [1.82, 2.24) is 4.90 Å². The lowest BCUT2D eigenvalue weighted by atomic mass is 10.2. The minimum absolute atomic E-state index is 0.470. The number of nitrogens with zero attached hydrogens (tertiary/aromatic N) is 1. The van der Waals surface area contributed by atoms with Crippen LogP contribution >= 0.6 is 0 Å².